The van der Waals surface area contributed by atoms with E-state index in [0.717, 1.165) is 51.4 Å². The molecule has 0 fully saturated rings. The third kappa shape index (κ3) is 26.5. The molecule has 0 radical (unpaired) electrons. The van der Waals surface area contributed by atoms with Crippen molar-refractivity contribution < 1.29 is 31.4 Å². The minimum Gasteiger partial charge on any atom is -0.492 e. The van der Waals surface area contributed by atoms with Gasteiger partial charge in [0.1, 0.15) is 25.1 Å². The molecule has 0 aliphatic heterocycles. The smallest absolute Gasteiger partial charge is 0.200 e. The van der Waals surface area contributed by atoms with Gasteiger partial charge in [-0.05, 0) is 37.5 Å². The van der Waals surface area contributed by atoms with Gasteiger partial charge >= 0.3 is 0 Å². The van der Waals surface area contributed by atoms with Crippen molar-refractivity contribution in [1.29, 1.82) is 0 Å². The van der Waals surface area contributed by atoms with E-state index in [4.69, 9.17) is 9.47 Å². The first-order valence-corrected chi connectivity index (χ1v) is 30.9. The van der Waals surface area contributed by atoms with E-state index in [0.29, 0.717) is 36.2 Å². The maximum atomic E-state index is 15.0. The largest absolute Gasteiger partial charge is 0.492 e. The van der Waals surface area contributed by atoms with Crippen molar-refractivity contribution in [2.75, 3.05) is 13.2 Å². The summed E-state index contributed by atoms with van der Waals surface area (Å²) in [6, 6.07) is 3.53. The Bertz CT molecular complexity index is 1720. The van der Waals surface area contributed by atoms with Crippen molar-refractivity contribution in [3.05, 3.63) is 57.9 Å². The molecule has 380 valence electrons. The van der Waals surface area contributed by atoms with Gasteiger partial charge in [-0.1, -0.05) is 245 Å². The third-order valence-electron chi connectivity index (χ3n) is 13.0. The third-order valence-corrected chi connectivity index (χ3v) is 13.9. The molecular formula is C59H93F5O2Si. The van der Waals surface area contributed by atoms with Gasteiger partial charge in [0.15, 0.2) is 23.3 Å². The summed E-state index contributed by atoms with van der Waals surface area (Å²) in [5.41, 5.74) is 3.24. The summed E-state index contributed by atoms with van der Waals surface area (Å²) in [6.07, 6.45) is 38.6. The predicted molar refractivity (Wildman–Crippen MR) is 277 cm³/mol. The van der Waals surface area contributed by atoms with Crippen molar-refractivity contribution >= 4 is 8.07 Å². The van der Waals surface area contributed by atoms with E-state index in [9.17, 15) is 13.2 Å². The number of unbranched alkanes of at least 4 members (excludes halogenated alkanes) is 24. The molecule has 0 heterocycles. The molecular weight excluding hydrogens is 864 g/mol. The standard InChI is InChI=1S/C59H93F5O2Si/c1-8-12-16-20-24-26-30-34-38-48(36-32-28-22-18-14-10-3)46-65-53-45-51(42-43-67(5,6)7)54(44-50(53)40-41-52-55(60)57(62)59(64)58(63)56(52)61)66-47-49(37-33-29-23-19-15-11-4)39-35-31-27-25-21-17-13-9-2/h44-45,48-49H,8-39,46-47H2,1-7H3. The van der Waals surface area contributed by atoms with Crippen LogP contribution in [0, 0.1) is 64.2 Å². The molecule has 2 unspecified atom stereocenters. The lowest BCUT2D eigenvalue weighted by atomic mass is 9.94. The highest BCUT2D eigenvalue weighted by atomic mass is 28.3. The van der Waals surface area contributed by atoms with Crippen molar-refractivity contribution in [3.63, 3.8) is 0 Å². The fraction of sp³-hybridized carbons (Fsp3) is 0.729. The topological polar surface area (TPSA) is 18.5 Å². The Hall–Kier alpha value is -2.97. The van der Waals surface area contributed by atoms with Gasteiger partial charge in [0.05, 0.1) is 24.3 Å². The maximum Gasteiger partial charge on any atom is 0.200 e. The Morgan fingerprint density at radius 1 is 0.388 bits per heavy atom. The fourth-order valence-corrected chi connectivity index (χ4v) is 9.20. The molecule has 0 saturated carbocycles. The van der Waals surface area contributed by atoms with E-state index >= 15 is 8.78 Å². The summed E-state index contributed by atoms with van der Waals surface area (Å²) in [4.78, 5) is 0. The first kappa shape index (κ1) is 60.1. The van der Waals surface area contributed by atoms with Gasteiger partial charge in [-0.25, -0.2) is 22.0 Å². The second kappa shape index (κ2) is 36.9. The van der Waals surface area contributed by atoms with Gasteiger partial charge in [-0.15, -0.1) is 5.54 Å². The molecule has 0 saturated heterocycles. The number of ether oxygens (including phenoxy) is 2. The van der Waals surface area contributed by atoms with Crippen molar-refractivity contribution in [2.24, 2.45) is 11.8 Å². The van der Waals surface area contributed by atoms with E-state index in [1.807, 2.05) is 6.07 Å². The molecule has 2 aromatic rings. The van der Waals surface area contributed by atoms with Crippen LogP contribution in [0.25, 0.3) is 0 Å². The van der Waals surface area contributed by atoms with Gasteiger partial charge in [-0.2, -0.15) is 0 Å². The lowest BCUT2D eigenvalue weighted by molar-refractivity contribution is 0.218. The Balaban J connectivity index is 2.55. The van der Waals surface area contributed by atoms with Gasteiger partial charge < -0.3 is 9.47 Å². The first-order valence-electron chi connectivity index (χ1n) is 27.4. The number of benzene rings is 2. The molecule has 0 amide bonds. The van der Waals surface area contributed by atoms with Crippen LogP contribution in [0.3, 0.4) is 0 Å². The number of hydrogen-bond donors (Lipinski definition) is 0. The van der Waals surface area contributed by atoms with Crippen LogP contribution in [0.5, 0.6) is 11.5 Å². The normalized spacial score (nSPS) is 12.4. The average Bonchev–Trinajstić information content (AvgIpc) is 3.31. The molecule has 8 heteroatoms. The summed E-state index contributed by atoms with van der Waals surface area (Å²) in [5.74, 6) is -0.152. The molecule has 2 rings (SSSR count). The Morgan fingerprint density at radius 2 is 0.672 bits per heavy atom. The second-order valence-corrected chi connectivity index (χ2v) is 25.3. The van der Waals surface area contributed by atoms with E-state index in [2.05, 4.69) is 70.6 Å². The summed E-state index contributed by atoms with van der Waals surface area (Å²) in [5, 5.41) is 0. The van der Waals surface area contributed by atoms with E-state index in [1.54, 1.807) is 6.07 Å². The Morgan fingerprint density at radius 3 is 0.985 bits per heavy atom. The molecule has 0 N–H and O–H groups in total. The van der Waals surface area contributed by atoms with Gasteiger partial charge in [0, 0.05) is 12.1 Å². The van der Waals surface area contributed by atoms with E-state index in [-0.39, 0.29) is 11.5 Å². The number of hydrogen-bond acceptors (Lipinski definition) is 2. The van der Waals surface area contributed by atoms with Crippen LogP contribution in [0.4, 0.5) is 22.0 Å². The lowest BCUT2D eigenvalue weighted by Crippen LogP contribution is -2.17. The Kier molecular flexibility index (Phi) is 33.2. The van der Waals surface area contributed by atoms with Crippen LogP contribution in [0.15, 0.2) is 12.1 Å². The molecule has 0 aliphatic rings. The fourth-order valence-electron chi connectivity index (χ4n) is 8.69. The van der Waals surface area contributed by atoms with Gasteiger partial charge in [0.2, 0.25) is 5.82 Å². The monoisotopic (exact) mass is 957 g/mol. The van der Waals surface area contributed by atoms with Crippen molar-refractivity contribution in [1.82, 2.24) is 0 Å². The molecule has 0 spiro atoms. The minimum absolute atomic E-state index is 0.262. The zero-order chi connectivity index (χ0) is 49.1. The zero-order valence-corrected chi connectivity index (χ0v) is 44.6. The van der Waals surface area contributed by atoms with Crippen molar-refractivity contribution in [3.8, 4) is 34.8 Å². The van der Waals surface area contributed by atoms with Crippen LogP contribution in [0.1, 0.15) is 250 Å². The van der Waals surface area contributed by atoms with Crippen LogP contribution in [-0.2, 0) is 0 Å². The molecule has 0 bridgehead atoms. The summed E-state index contributed by atoms with van der Waals surface area (Å²) < 4.78 is 86.2. The highest BCUT2D eigenvalue weighted by Crippen LogP contribution is 2.32. The summed E-state index contributed by atoms with van der Waals surface area (Å²) >= 11 is 0. The maximum absolute atomic E-state index is 15.0. The van der Waals surface area contributed by atoms with Crippen molar-refractivity contribution in [2.45, 2.75) is 253 Å². The highest BCUT2D eigenvalue weighted by Gasteiger charge is 2.25. The quantitative estimate of drug-likeness (QED) is 0.0167. The SMILES string of the molecule is CCCCCCCCCCC(CCCCCCCC)COc1cc(C#C[Si](C)(C)C)c(OCC(CCCCCCCC)CCCCCCCCCC)cc1C#Cc1c(F)c(F)c(F)c(F)c1F. The second-order valence-electron chi connectivity index (χ2n) is 20.5. The van der Waals surface area contributed by atoms with E-state index in [1.165, 1.54) is 154 Å². The minimum atomic E-state index is -2.21. The predicted octanol–water partition coefficient (Wildman–Crippen LogP) is 19.6. The van der Waals surface area contributed by atoms with Crippen LogP contribution >= 0.6 is 0 Å². The van der Waals surface area contributed by atoms with Gasteiger partial charge in [-0.3, -0.25) is 0 Å². The zero-order valence-electron chi connectivity index (χ0n) is 43.6. The first-order chi connectivity index (χ1) is 32.4. The molecule has 67 heavy (non-hydrogen) atoms. The summed E-state index contributed by atoms with van der Waals surface area (Å²) in [7, 11) is -1.86. The molecule has 0 aliphatic carbocycles. The highest BCUT2D eigenvalue weighted by molar-refractivity contribution is 6.83. The molecule has 2 atom stereocenters. The Labute approximate surface area is 408 Å². The van der Waals surface area contributed by atoms with Crippen LogP contribution < -0.4 is 9.47 Å². The van der Waals surface area contributed by atoms with Crippen LogP contribution in [-0.4, -0.2) is 21.3 Å². The number of rotatable bonds is 38. The molecule has 2 nitrogen and oxygen atoms in total. The lowest BCUT2D eigenvalue weighted by Gasteiger charge is -2.21. The molecule has 2 aromatic carbocycles. The van der Waals surface area contributed by atoms with E-state index < -0.39 is 42.7 Å². The average molecular weight is 957 g/mol. The molecule has 0 aromatic heterocycles. The number of halogens is 5. The van der Waals surface area contributed by atoms with Crippen LogP contribution in [0.2, 0.25) is 19.6 Å². The van der Waals surface area contributed by atoms with Gasteiger partial charge in [0.25, 0.3) is 0 Å². The summed E-state index contributed by atoms with van der Waals surface area (Å²) in [6.45, 7) is 16.4.